The van der Waals surface area contributed by atoms with E-state index in [0.717, 1.165) is 0 Å². The van der Waals surface area contributed by atoms with Crippen molar-refractivity contribution in [3.8, 4) is 0 Å². The standard InChI is InChI=1S/C18H17ClN4O4S2/c1-12-10-13(2)21-18(20-12)23-28(24,25)16-8-6-15(7-9-16)22-29(26,27)17-5-3-4-14(19)11-17/h3-11,22H,1-2H3,(H,20,21,23). The molecule has 0 aliphatic carbocycles. The smallest absolute Gasteiger partial charge is 0.264 e. The van der Waals surface area contributed by atoms with Crippen LogP contribution >= 0.6 is 11.6 Å². The van der Waals surface area contributed by atoms with Crippen molar-refractivity contribution in [2.75, 3.05) is 9.44 Å². The molecule has 29 heavy (non-hydrogen) atoms. The second kappa shape index (κ2) is 7.97. The predicted molar refractivity (Wildman–Crippen MR) is 111 cm³/mol. The molecular formula is C18H17ClN4O4S2. The monoisotopic (exact) mass is 452 g/mol. The normalized spacial score (nSPS) is 11.8. The zero-order valence-corrected chi connectivity index (χ0v) is 17.8. The molecule has 0 radical (unpaired) electrons. The zero-order valence-electron chi connectivity index (χ0n) is 15.4. The number of rotatable bonds is 6. The molecule has 0 spiro atoms. The highest BCUT2D eigenvalue weighted by molar-refractivity contribution is 7.93. The maximum Gasteiger partial charge on any atom is 0.264 e. The SMILES string of the molecule is Cc1cc(C)nc(NS(=O)(=O)c2ccc(NS(=O)(=O)c3cccc(Cl)c3)cc2)n1. The molecule has 0 atom stereocenters. The van der Waals surface area contributed by atoms with E-state index in [4.69, 9.17) is 11.6 Å². The summed E-state index contributed by atoms with van der Waals surface area (Å²) in [6.45, 7) is 3.46. The van der Waals surface area contributed by atoms with Gasteiger partial charge in [-0.15, -0.1) is 0 Å². The molecule has 0 amide bonds. The number of hydrogen-bond donors (Lipinski definition) is 2. The molecule has 1 heterocycles. The molecule has 0 aliphatic rings. The second-order valence-corrected chi connectivity index (χ2v) is 9.97. The summed E-state index contributed by atoms with van der Waals surface area (Å²) < 4.78 is 54.6. The maximum atomic E-state index is 12.5. The Morgan fingerprint density at radius 1 is 0.759 bits per heavy atom. The molecule has 11 heteroatoms. The summed E-state index contributed by atoms with van der Waals surface area (Å²) in [7, 11) is -7.80. The fourth-order valence-corrected chi connectivity index (χ4v) is 4.80. The van der Waals surface area contributed by atoms with Gasteiger partial charge in [0, 0.05) is 22.1 Å². The molecule has 0 bridgehead atoms. The molecule has 0 aliphatic heterocycles. The van der Waals surface area contributed by atoms with Crippen LogP contribution in [0.2, 0.25) is 5.02 Å². The molecule has 2 N–H and O–H groups in total. The molecule has 3 rings (SSSR count). The van der Waals surface area contributed by atoms with Crippen LogP contribution < -0.4 is 9.44 Å². The lowest BCUT2D eigenvalue weighted by Crippen LogP contribution is -2.16. The van der Waals surface area contributed by atoms with Crippen molar-refractivity contribution < 1.29 is 16.8 Å². The third-order valence-corrected chi connectivity index (χ3v) is 6.69. The Balaban J connectivity index is 1.80. The lowest BCUT2D eigenvalue weighted by atomic mass is 10.3. The van der Waals surface area contributed by atoms with Crippen LogP contribution in [0.5, 0.6) is 0 Å². The van der Waals surface area contributed by atoms with Gasteiger partial charge in [-0.25, -0.2) is 31.5 Å². The lowest BCUT2D eigenvalue weighted by Gasteiger charge is -2.10. The Labute approximate surface area is 174 Å². The van der Waals surface area contributed by atoms with Gasteiger partial charge in [-0.1, -0.05) is 17.7 Å². The van der Waals surface area contributed by atoms with E-state index in [0.29, 0.717) is 11.4 Å². The minimum atomic E-state index is -3.93. The second-order valence-electron chi connectivity index (χ2n) is 6.17. The van der Waals surface area contributed by atoms with Gasteiger partial charge in [0.15, 0.2) is 0 Å². The van der Waals surface area contributed by atoms with E-state index in [1.165, 1.54) is 42.5 Å². The van der Waals surface area contributed by atoms with Crippen LogP contribution in [-0.2, 0) is 20.0 Å². The fourth-order valence-electron chi connectivity index (χ4n) is 2.50. The molecule has 0 fully saturated rings. The molecular weight excluding hydrogens is 436 g/mol. The van der Waals surface area contributed by atoms with E-state index >= 15 is 0 Å². The van der Waals surface area contributed by atoms with Crippen molar-refractivity contribution in [2.45, 2.75) is 23.6 Å². The van der Waals surface area contributed by atoms with E-state index in [-0.39, 0.29) is 26.4 Å². The number of sulfonamides is 2. The topological polar surface area (TPSA) is 118 Å². The Bertz CT molecular complexity index is 1240. The van der Waals surface area contributed by atoms with E-state index in [9.17, 15) is 16.8 Å². The zero-order chi connectivity index (χ0) is 21.2. The predicted octanol–water partition coefficient (Wildman–Crippen LogP) is 3.35. The summed E-state index contributed by atoms with van der Waals surface area (Å²) >= 11 is 5.83. The highest BCUT2D eigenvalue weighted by Crippen LogP contribution is 2.21. The number of nitrogens with zero attached hydrogens (tertiary/aromatic N) is 2. The van der Waals surface area contributed by atoms with Crippen LogP contribution in [0.25, 0.3) is 0 Å². The minimum Gasteiger partial charge on any atom is -0.280 e. The summed E-state index contributed by atoms with van der Waals surface area (Å²) in [5, 5.41) is 0.286. The van der Waals surface area contributed by atoms with Gasteiger partial charge in [-0.3, -0.25) is 4.72 Å². The van der Waals surface area contributed by atoms with Crippen molar-refractivity contribution in [1.82, 2.24) is 9.97 Å². The van der Waals surface area contributed by atoms with Crippen LogP contribution in [0.4, 0.5) is 11.6 Å². The van der Waals surface area contributed by atoms with Crippen LogP contribution in [-0.4, -0.2) is 26.8 Å². The third-order valence-electron chi connectivity index (χ3n) is 3.73. The van der Waals surface area contributed by atoms with Crippen molar-refractivity contribution in [1.29, 1.82) is 0 Å². The Morgan fingerprint density at radius 2 is 1.34 bits per heavy atom. The van der Waals surface area contributed by atoms with Crippen LogP contribution in [0.3, 0.4) is 0 Å². The molecule has 0 saturated heterocycles. The van der Waals surface area contributed by atoms with Crippen molar-refractivity contribution in [2.24, 2.45) is 0 Å². The maximum absolute atomic E-state index is 12.5. The Kier molecular flexibility index (Phi) is 5.78. The van der Waals surface area contributed by atoms with Gasteiger partial charge in [0.05, 0.1) is 9.79 Å². The van der Waals surface area contributed by atoms with Gasteiger partial charge < -0.3 is 0 Å². The van der Waals surface area contributed by atoms with Gasteiger partial charge in [0.2, 0.25) is 5.95 Å². The number of halogens is 1. The van der Waals surface area contributed by atoms with Gasteiger partial charge in [0.1, 0.15) is 0 Å². The largest absolute Gasteiger partial charge is 0.280 e. The van der Waals surface area contributed by atoms with Crippen LogP contribution in [0, 0.1) is 13.8 Å². The van der Waals surface area contributed by atoms with Gasteiger partial charge in [-0.05, 0) is 62.4 Å². The van der Waals surface area contributed by atoms with Crippen molar-refractivity contribution in [3.05, 3.63) is 71.0 Å². The van der Waals surface area contributed by atoms with E-state index < -0.39 is 20.0 Å². The molecule has 1 aromatic heterocycles. The highest BCUT2D eigenvalue weighted by Gasteiger charge is 2.18. The Morgan fingerprint density at radius 3 is 1.93 bits per heavy atom. The molecule has 3 aromatic rings. The van der Waals surface area contributed by atoms with Crippen molar-refractivity contribution in [3.63, 3.8) is 0 Å². The van der Waals surface area contributed by atoms with Crippen LogP contribution in [0.15, 0.2) is 64.4 Å². The average molecular weight is 453 g/mol. The molecule has 8 nitrogen and oxygen atoms in total. The molecule has 0 unspecified atom stereocenters. The average Bonchev–Trinajstić information content (AvgIpc) is 2.60. The van der Waals surface area contributed by atoms with Gasteiger partial charge in [-0.2, -0.15) is 0 Å². The highest BCUT2D eigenvalue weighted by atomic mass is 35.5. The van der Waals surface area contributed by atoms with E-state index in [1.807, 2.05) is 0 Å². The summed E-state index contributed by atoms with van der Waals surface area (Å²) in [6.07, 6.45) is 0. The quantitative estimate of drug-likeness (QED) is 0.592. The number of benzene rings is 2. The number of anilines is 2. The van der Waals surface area contributed by atoms with E-state index in [1.54, 1.807) is 26.0 Å². The summed E-state index contributed by atoms with van der Waals surface area (Å²) in [5.41, 5.74) is 1.45. The molecule has 0 saturated carbocycles. The first-order chi connectivity index (χ1) is 13.5. The first-order valence-electron chi connectivity index (χ1n) is 8.29. The number of aromatic nitrogens is 2. The fraction of sp³-hybridized carbons (Fsp3) is 0.111. The third kappa shape index (κ3) is 5.22. The lowest BCUT2D eigenvalue weighted by molar-refractivity contribution is 0.599. The summed E-state index contributed by atoms with van der Waals surface area (Å²) in [5.74, 6) is -0.0340. The number of aryl methyl sites for hydroxylation is 2. The minimum absolute atomic E-state index is 0.00432. The van der Waals surface area contributed by atoms with Gasteiger partial charge in [0.25, 0.3) is 20.0 Å². The van der Waals surface area contributed by atoms with E-state index in [2.05, 4.69) is 19.4 Å². The first kappa shape index (κ1) is 21.0. The van der Waals surface area contributed by atoms with Gasteiger partial charge >= 0.3 is 0 Å². The molecule has 152 valence electrons. The summed E-state index contributed by atoms with van der Waals surface area (Å²) in [4.78, 5) is 8.03. The first-order valence-corrected chi connectivity index (χ1v) is 11.6. The number of nitrogens with one attached hydrogen (secondary N) is 2. The Hall–Kier alpha value is -2.69. The molecule has 2 aromatic carbocycles. The van der Waals surface area contributed by atoms with Crippen LogP contribution in [0.1, 0.15) is 11.4 Å². The summed E-state index contributed by atoms with van der Waals surface area (Å²) in [6, 6.07) is 12.8. The number of hydrogen-bond acceptors (Lipinski definition) is 6. The van der Waals surface area contributed by atoms with Crippen molar-refractivity contribution >= 4 is 43.3 Å².